The molecule has 8 heteroatoms. The third kappa shape index (κ3) is 4.30. The number of anilines is 1. The summed E-state index contributed by atoms with van der Waals surface area (Å²) in [6.07, 6.45) is 0.777. The molecular formula is C15H18N4O4. The maximum atomic E-state index is 12.1. The van der Waals surface area contributed by atoms with Crippen LogP contribution in [0.1, 0.15) is 12.8 Å². The molecule has 0 radical (unpaired) electrons. The second-order valence-electron chi connectivity index (χ2n) is 4.99. The summed E-state index contributed by atoms with van der Waals surface area (Å²) < 4.78 is 0. The molecule has 0 bridgehead atoms. The number of aromatic hydroxyl groups is 1. The summed E-state index contributed by atoms with van der Waals surface area (Å²) in [4.78, 5) is 29.1. The Morgan fingerprint density at radius 3 is 2.65 bits per heavy atom. The largest absolute Gasteiger partial charge is 0.493 e. The highest BCUT2D eigenvalue weighted by molar-refractivity contribution is 5.73. The van der Waals surface area contributed by atoms with Crippen molar-refractivity contribution < 1.29 is 15.0 Å². The molecule has 1 aromatic carbocycles. The number of aliphatic carboxylic acids is 1. The van der Waals surface area contributed by atoms with Crippen LogP contribution in [0.5, 0.6) is 5.88 Å². The molecule has 8 nitrogen and oxygen atoms in total. The van der Waals surface area contributed by atoms with Gasteiger partial charge in [0.25, 0.3) is 5.56 Å². The van der Waals surface area contributed by atoms with Crippen LogP contribution in [-0.2, 0) is 4.79 Å². The number of benzene rings is 1. The summed E-state index contributed by atoms with van der Waals surface area (Å²) in [5.74, 6) is -1.30. The van der Waals surface area contributed by atoms with E-state index in [2.05, 4.69) is 15.3 Å². The van der Waals surface area contributed by atoms with Crippen molar-refractivity contribution in [2.24, 2.45) is 5.73 Å². The van der Waals surface area contributed by atoms with E-state index in [0.717, 1.165) is 0 Å². The second-order valence-corrected chi connectivity index (χ2v) is 4.99. The number of carbonyl (C=O) groups is 1. The third-order valence-electron chi connectivity index (χ3n) is 3.26. The number of carboxylic acids is 1. The van der Waals surface area contributed by atoms with Gasteiger partial charge in [0.2, 0.25) is 11.8 Å². The van der Waals surface area contributed by atoms with Gasteiger partial charge in [0, 0.05) is 6.54 Å². The lowest BCUT2D eigenvalue weighted by atomic mass is 10.1. The maximum absolute atomic E-state index is 12.1. The number of hydrogen-bond acceptors (Lipinski definition) is 6. The topological polar surface area (TPSA) is 141 Å². The smallest absolute Gasteiger partial charge is 0.320 e. The lowest BCUT2D eigenvalue weighted by Gasteiger charge is -2.09. The van der Waals surface area contributed by atoms with Crippen LogP contribution in [0.15, 0.2) is 35.1 Å². The molecule has 122 valence electrons. The number of aromatic amines is 1. The van der Waals surface area contributed by atoms with E-state index < -0.39 is 17.6 Å². The number of nitrogens with zero attached hydrogens (tertiary/aromatic N) is 1. The number of rotatable bonds is 7. The highest BCUT2D eigenvalue weighted by Crippen LogP contribution is 2.23. The van der Waals surface area contributed by atoms with Gasteiger partial charge in [-0.25, -0.2) is 0 Å². The van der Waals surface area contributed by atoms with E-state index in [1.54, 1.807) is 30.3 Å². The molecule has 1 heterocycles. The summed E-state index contributed by atoms with van der Waals surface area (Å²) >= 11 is 0. The van der Waals surface area contributed by atoms with Crippen LogP contribution in [0.4, 0.5) is 5.95 Å². The highest BCUT2D eigenvalue weighted by Gasteiger charge is 2.13. The Morgan fingerprint density at radius 1 is 1.35 bits per heavy atom. The molecule has 1 atom stereocenters. The zero-order valence-corrected chi connectivity index (χ0v) is 12.3. The fraction of sp³-hybridized carbons (Fsp3) is 0.267. The number of hydrogen-bond donors (Lipinski definition) is 5. The van der Waals surface area contributed by atoms with Crippen LogP contribution in [-0.4, -0.2) is 38.7 Å². The van der Waals surface area contributed by atoms with E-state index in [9.17, 15) is 14.7 Å². The molecule has 0 amide bonds. The minimum Gasteiger partial charge on any atom is -0.493 e. The van der Waals surface area contributed by atoms with Gasteiger partial charge >= 0.3 is 5.97 Å². The summed E-state index contributed by atoms with van der Waals surface area (Å²) in [5.41, 5.74) is 5.59. The lowest BCUT2D eigenvalue weighted by molar-refractivity contribution is -0.138. The zero-order chi connectivity index (χ0) is 16.8. The van der Waals surface area contributed by atoms with E-state index in [1.165, 1.54) is 0 Å². The molecule has 23 heavy (non-hydrogen) atoms. The van der Waals surface area contributed by atoms with E-state index in [4.69, 9.17) is 10.8 Å². The Morgan fingerprint density at radius 2 is 2.04 bits per heavy atom. The quantitative estimate of drug-likeness (QED) is 0.474. The molecule has 0 aliphatic carbocycles. The average Bonchev–Trinajstić information content (AvgIpc) is 2.51. The SMILES string of the molecule is N[C@@H](CCCNc1nc(O)c(-c2ccccc2)c(=O)[nH]1)C(=O)O. The number of H-pyrrole nitrogens is 1. The number of aromatic nitrogens is 2. The summed E-state index contributed by atoms with van der Waals surface area (Å²) in [6, 6.07) is 7.80. The molecule has 0 spiro atoms. The monoisotopic (exact) mass is 318 g/mol. The van der Waals surface area contributed by atoms with Crippen LogP contribution in [0.2, 0.25) is 0 Å². The number of nitrogens with one attached hydrogen (secondary N) is 2. The fourth-order valence-electron chi connectivity index (χ4n) is 2.06. The van der Waals surface area contributed by atoms with Crippen molar-refractivity contribution in [3.8, 4) is 17.0 Å². The van der Waals surface area contributed by atoms with Crippen molar-refractivity contribution in [3.63, 3.8) is 0 Å². The molecule has 2 aromatic rings. The summed E-state index contributed by atoms with van der Waals surface area (Å²) in [5, 5.41) is 21.5. The first-order valence-electron chi connectivity index (χ1n) is 7.10. The van der Waals surface area contributed by atoms with E-state index in [0.29, 0.717) is 24.9 Å². The van der Waals surface area contributed by atoms with E-state index in [-0.39, 0.29) is 17.4 Å². The Labute approximate surface area is 132 Å². The molecule has 0 unspecified atom stereocenters. The van der Waals surface area contributed by atoms with Gasteiger partial charge in [0.05, 0.1) is 0 Å². The van der Waals surface area contributed by atoms with Crippen LogP contribution >= 0.6 is 0 Å². The van der Waals surface area contributed by atoms with E-state index >= 15 is 0 Å². The first kappa shape index (κ1) is 16.5. The van der Waals surface area contributed by atoms with Crippen LogP contribution in [0.25, 0.3) is 11.1 Å². The van der Waals surface area contributed by atoms with Crippen LogP contribution < -0.4 is 16.6 Å². The molecule has 0 aliphatic rings. The predicted octanol–water partition coefficient (Wildman–Crippen LogP) is 0.746. The molecule has 1 aromatic heterocycles. The first-order chi connectivity index (χ1) is 11.0. The second kappa shape index (κ2) is 7.41. The fourth-order valence-corrected chi connectivity index (χ4v) is 2.06. The van der Waals surface area contributed by atoms with Crippen molar-refractivity contribution in [1.29, 1.82) is 0 Å². The van der Waals surface area contributed by atoms with Crippen molar-refractivity contribution in [2.45, 2.75) is 18.9 Å². The van der Waals surface area contributed by atoms with Gasteiger partial charge in [-0.1, -0.05) is 30.3 Å². The molecule has 2 rings (SSSR count). The first-order valence-corrected chi connectivity index (χ1v) is 7.10. The van der Waals surface area contributed by atoms with Gasteiger partial charge in [-0.15, -0.1) is 0 Å². The van der Waals surface area contributed by atoms with Gasteiger partial charge < -0.3 is 21.3 Å². The van der Waals surface area contributed by atoms with Crippen molar-refractivity contribution in [3.05, 3.63) is 40.7 Å². The van der Waals surface area contributed by atoms with Crippen LogP contribution in [0.3, 0.4) is 0 Å². The molecule has 6 N–H and O–H groups in total. The Balaban J connectivity index is 2.03. The average molecular weight is 318 g/mol. The number of nitrogens with two attached hydrogens (primary N) is 1. The molecule has 0 aliphatic heterocycles. The molecule has 0 fully saturated rings. The lowest BCUT2D eigenvalue weighted by Crippen LogP contribution is -2.30. The Kier molecular flexibility index (Phi) is 5.32. The predicted molar refractivity (Wildman–Crippen MR) is 85.3 cm³/mol. The normalized spacial score (nSPS) is 11.9. The highest BCUT2D eigenvalue weighted by atomic mass is 16.4. The van der Waals surface area contributed by atoms with Crippen molar-refractivity contribution >= 4 is 11.9 Å². The van der Waals surface area contributed by atoms with Gasteiger partial charge in [0.15, 0.2) is 0 Å². The van der Waals surface area contributed by atoms with E-state index in [1.807, 2.05) is 0 Å². The van der Waals surface area contributed by atoms with Gasteiger partial charge in [-0.3, -0.25) is 14.6 Å². The van der Waals surface area contributed by atoms with Crippen molar-refractivity contribution in [1.82, 2.24) is 9.97 Å². The van der Waals surface area contributed by atoms with Gasteiger partial charge in [-0.05, 0) is 18.4 Å². The van der Waals surface area contributed by atoms with Gasteiger partial charge in [0.1, 0.15) is 11.6 Å². The zero-order valence-electron chi connectivity index (χ0n) is 12.3. The third-order valence-corrected chi connectivity index (χ3v) is 3.26. The number of carboxylic acid groups (broad SMARTS) is 1. The summed E-state index contributed by atoms with van der Waals surface area (Å²) in [7, 11) is 0. The maximum Gasteiger partial charge on any atom is 0.320 e. The van der Waals surface area contributed by atoms with Gasteiger partial charge in [-0.2, -0.15) is 4.98 Å². The molecular weight excluding hydrogens is 300 g/mol. The Hall–Kier alpha value is -2.87. The standard InChI is InChI=1S/C15H18N4O4/c16-10(14(22)23)7-4-8-17-15-18-12(20)11(13(21)19-15)9-5-2-1-3-6-9/h1-3,5-6,10H,4,7-8,16H2,(H,22,23)(H3,17,18,19,20,21)/t10-/m0/s1. The summed E-state index contributed by atoms with van der Waals surface area (Å²) in [6.45, 7) is 0.369. The molecule has 0 saturated heterocycles. The molecule has 0 saturated carbocycles. The Bertz CT molecular complexity index is 730. The minimum absolute atomic E-state index is 0.101. The van der Waals surface area contributed by atoms with Crippen LogP contribution in [0, 0.1) is 0 Å². The minimum atomic E-state index is -1.05. The van der Waals surface area contributed by atoms with Crippen molar-refractivity contribution in [2.75, 3.05) is 11.9 Å².